The van der Waals surface area contributed by atoms with Crippen LogP contribution < -0.4 is 0 Å². The van der Waals surface area contributed by atoms with Gasteiger partial charge in [0.1, 0.15) is 6.29 Å². The molecule has 2 aromatic carbocycles. The SMILES string of the molecule is Cc1cc(C2CCN(Cc3ccccc3)C(=O)C2)ccc1C=O. The van der Waals surface area contributed by atoms with Gasteiger partial charge in [0.2, 0.25) is 5.91 Å². The summed E-state index contributed by atoms with van der Waals surface area (Å²) in [5.41, 5.74) is 4.05. The fourth-order valence-electron chi connectivity index (χ4n) is 3.22. The van der Waals surface area contributed by atoms with E-state index in [0.717, 1.165) is 30.4 Å². The Hall–Kier alpha value is -2.42. The number of piperidine rings is 1. The molecule has 0 bridgehead atoms. The molecule has 23 heavy (non-hydrogen) atoms. The van der Waals surface area contributed by atoms with Crippen molar-refractivity contribution in [3.05, 3.63) is 70.8 Å². The van der Waals surface area contributed by atoms with Crippen molar-refractivity contribution < 1.29 is 9.59 Å². The third kappa shape index (κ3) is 3.50. The average molecular weight is 307 g/mol. The third-order valence-corrected chi connectivity index (χ3v) is 4.63. The molecule has 1 saturated heterocycles. The van der Waals surface area contributed by atoms with E-state index in [1.807, 2.05) is 42.2 Å². The fraction of sp³-hybridized carbons (Fsp3) is 0.300. The molecule has 1 amide bonds. The van der Waals surface area contributed by atoms with E-state index in [1.165, 1.54) is 11.1 Å². The first kappa shape index (κ1) is 15.5. The minimum absolute atomic E-state index is 0.210. The number of amides is 1. The molecule has 118 valence electrons. The van der Waals surface area contributed by atoms with Crippen molar-refractivity contribution in [1.29, 1.82) is 0 Å². The highest BCUT2D eigenvalue weighted by Gasteiger charge is 2.27. The summed E-state index contributed by atoms with van der Waals surface area (Å²) in [5, 5.41) is 0. The molecule has 3 heteroatoms. The monoisotopic (exact) mass is 307 g/mol. The number of carbonyl (C=O) groups excluding carboxylic acids is 2. The lowest BCUT2D eigenvalue weighted by atomic mass is 9.87. The van der Waals surface area contributed by atoms with Crippen molar-refractivity contribution in [2.75, 3.05) is 6.54 Å². The summed E-state index contributed by atoms with van der Waals surface area (Å²) in [6, 6.07) is 16.0. The van der Waals surface area contributed by atoms with E-state index in [1.54, 1.807) is 0 Å². The van der Waals surface area contributed by atoms with E-state index in [2.05, 4.69) is 18.2 Å². The molecule has 1 atom stereocenters. The number of hydrogen-bond donors (Lipinski definition) is 0. The number of benzene rings is 2. The Labute approximate surface area is 136 Å². The Morgan fingerprint density at radius 2 is 1.96 bits per heavy atom. The molecule has 1 aliphatic heterocycles. The van der Waals surface area contributed by atoms with Gasteiger partial charge in [-0.2, -0.15) is 0 Å². The summed E-state index contributed by atoms with van der Waals surface area (Å²) >= 11 is 0. The number of rotatable bonds is 4. The molecule has 0 radical (unpaired) electrons. The van der Waals surface area contributed by atoms with E-state index < -0.39 is 0 Å². The number of nitrogens with zero attached hydrogens (tertiary/aromatic N) is 1. The summed E-state index contributed by atoms with van der Waals surface area (Å²) in [5.74, 6) is 0.469. The second kappa shape index (κ2) is 6.78. The molecule has 0 aromatic heterocycles. The zero-order valence-electron chi connectivity index (χ0n) is 13.4. The van der Waals surface area contributed by atoms with E-state index in [-0.39, 0.29) is 11.8 Å². The van der Waals surface area contributed by atoms with Gasteiger partial charge >= 0.3 is 0 Å². The normalized spacial score (nSPS) is 18.0. The van der Waals surface area contributed by atoms with Crippen LogP contribution in [-0.2, 0) is 11.3 Å². The predicted octanol–water partition coefficient (Wildman–Crippen LogP) is 3.71. The van der Waals surface area contributed by atoms with Crippen molar-refractivity contribution in [1.82, 2.24) is 4.90 Å². The Morgan fingerprint density at radius 1 is 1.17 bits per heavy atom. The topological polar surface area (TPSA) is 37.4 Å². The lowest BCUT2D eigenvalue weighted by Crippen LogP contribution is -2.37. The molecule has 3 rings (SSSR count). The Morgan fingerprint density at radius 3 is 2.61 bits per heavy atom. The van der Waals surface area contributed by atoms with Crippen LogP contribution in [0.2, 0.25) is 0 Å². The molecule has 0 N–H and O–H groups in total. The van der Waals surface area contributed by atoms with Gasteiger partial charge in [0.15, 0.2) is 0 Å². The molecule has 0 saturated carbocycles. The summed E-state index contributed by atoms with van der Waals surface area (Å²) in [4.78, 5) is 25.3. The maximum absolute atomic E-state index is 12.5. The third-order valence-electron chi connectivity index (χ3n) is 4.63. The maximum atomic E-state index is 12.5. The molecule has 2 aromatic rings. The fourth-order valence-corrected chi connectivity index (χ4v) is 3.22. The summed E-state index contributed by atoms with van der Waals surface area (Å²) < 4.78 is 0. The highest BCUT2D eigenvalue weighted by molar-refractivity contribution is 5.79. The van der Waals surface area contributed by atoms with Crippen molar-refractivity contribution >= 4 is 12.2 Å². The van der Waals surface area contributed by atoms with Crippen LogP contribution in [0.15, 0.2) is 48.5 Å². The minimum Gasteiger partial charge on any atom is -0.338 e. The molecular weight excluding hydrogens is 286 g/mol. The second-order valence-corrected chi connectivity index (χ2v) is 6.22. The summed E-state index contributed by atoms with van der Waals surface area (Å²) in [7, 11) is 0. The van der Waals surface area contributed by atoms with Gasteiger partial charge < -0.3 is 4.90 Å². The van der Waals surface area contributed by atoms with E-state index in [0.29, 0.717) is 13.0 Å². The van der Waals surface area contributed by atoms with Crippen LogP contribution in [0.4, 0.5) is 0 Å². The first-order chi connectivity index (χ1) is 11.2. The van der Waals surface area contributed by atoms with Crippen molar-refractivity contribution in [3.63, 3.8) is 0 Å². The largest absolute Gasteiger partial charge is 0.338 e. The van der Waals surface area contributed by atoms with Crippen LogP contribution in [0.25, 0.3) is 0 Å². The number of likely N-dealkylation sites (tertiary alicyclic amines) is 1. The zero-order chi connectivity index (χ0) is 16.2. The predicted molar refractivity (Wildman–Crippen MR) is 90.4 cm³/mol. The molecular formula is C20H21NO2. The van der Waals surface area contributed by atoms with E-state index in [9.17, 15) is 9.59 Å². The molecule has 1 heterocycles. The van der Waals surface area contributed by atoms with Gasteiger partial charge in [-0.15, -0.1) is 0 Å². The van der Waals surface area contributed by atoms with Crippen LogP contribution in [0, 0.1) is 6.92 Å². The van der Waals surface area contributed by atoms with Crippen LogP contribution in [0.3, 0.4) is 0 Å². The van der Waals surface area contributed by atoms with Crippen LogP contribution >= 0.6 is 0 Å². The van der Waals surface area contributed by atoms with Gasteiger partial charge in [-0.05, 0) is 36.0 Å². The van der Waals surface area contributed by atoms with E-state index in [4.69, 9.17) is 0 Å². The Balaban J connectivity index is 1.67. The quantitative estimate of drug-likeness (QED) is 0.807. The van der Waals surface area contributed by atoms with Gasteiger partial charge in [-0.1, -0.05) is 48.5 Å². The molecule has 0 aliphatic carbocycles. The van der Waals surface area contributed by atoms with Crippen molar-refractivity contribution in [2.45, 2.75) is 32.2 Å². The number of carbonyl (C=O) groups is 2. The molecule has 1 fully saturated rings. The summed E-state index contributed by atoms with van der Waals surface area (Å²) in [6.45, 7) is 3.42. The second-order valence-electron chi connectivity index (χ2n) is 6.22. The maximum Gasteiger partial charge on any atom is 0.223 e. The first-order valence-corrected chi connectivity index (χ1v) is 8.05. The van der Waals surface area contributed by atoms with Gasteiger partial charge in [-0.25, -0.2) is 0 Å². The lowest BCUT2D eigenvalue weighted by molar-refractivity contribution is -0.134. The van der Waals surface area contributed by atoms with Gasteiger partial charge in [-0.3, -0.25) is 9.59 Å². The zero-order valence-corrected chi connectivity index (χ0v) is 13.4. The molecule has 1 unspecified atom stereocenters. The van der Waals surface area contributed by atoms with Crippen LogP contribution in [0.1, 0.15) is 45.8 Å². The average Bonchev–Trinajstić information content (AvgIpc) is 2.57. The van der Waals surface area contributed by atoms with Crippen LogP contribution in [-0.4, -0.2) is 23.6 Å². The highest BCUT2D eigenvalue weighted by atomic mass is 16.2. The molecule has 0 spiro atoms. The van der Waals surface area contributed by atoms with E-state index >= 15 is 0 Å². The highest BCUT2D eigenvalue weighted by Crippen LogP contribution is 2.30. The minimum atomic E-state index is 0.210. The van der Waals surface area contributed by atoms with Crippen LogP contribution in [0.5, 0.6) is 0 Å². The lowest BCUT2D eigenvalue weighted by Gasteiger charge is -2.32. The van der Waals surface area contributed by atoms with Gasteiger partial charge in [0.05, 0.1) is 0 Å². The standard InChI is InChI=1S/C20H21NO2/c1-15-11-17(7-8-19(15)14-22)18-9-10-21(20(23)12-18)13-16-5-3-2-4-6-16/h2-8,11,14,18H,9-10,12-13H2,1H3. The number of aldehydes is 1. The first-order valence-electron chi connectivity index (χ1n) is 8.05. The van der Waals surface area contributed by atoms with Gasteiger partial charge in [0.25, 0.3) is 0 Å². The number of hydrogen-bond acceptors (Lipinski definition) is 2. The summed E-state index contributed by atoms with van der Waals surface area (Å²) in [6.07, 6.45) is 2.40. The smallest absolute Gasteiger partial charge is 0.223 e. The van der Waals surface area contributed by atoms with Crippen molar-refractivity contribution in [2.24, 2.45) is 0 Å². The van der Waals surface area contributed by atoms with Gasteiger partial charge in [0, 0.05) is 25.1 Å². The number of aryl methyl sites for hydroxylation is 1. The molecule has 3 nitrogen and oxygen atoms in total. The Bertz CT molecular complexity index is 709. The molecule has 1 aliphatic rings. The Kier molecular flexibility index (Phi) is 4.56. The van der Waals surface area contributed by atoms with Crippen molar-refractivity contribution in [3.8, 4) is 0 Å².